The second-order valence-corrected chi connectivity index (χ2v) is 9.37. The summed E-state index contributed by atoms with van der Waals surface area (Å²) in [7, 11) is 1.46. The maximum atomic E-state index is 13.3. The average molecular weight is 529 g/mol. The smallest absolute Gasteiger partial charge is 0.416 e. The van der Waals surface area contributed by atoms with Crippen molar-refractivity contribution in [3.8, 4) is 11.4 Å². The van der Waals surface area contributed by atoms with Crippen molar-refractivity contribution in [3.05, 3.63) is 17.7 Å². The van der Waals surface area contributed by atoms with E-state index in [0.29, 0.717) is 37.7 Å². The van der Waals surface area contributed by atoms with Crippen molar-refractivity contribution in [2.75, 3.05) is 43.2 Å². The van der Waals surface area contributed by atoms with Gasteiger partial charge in [0.05, 0.1) is 18.8 Å². The van der Waals surface area contributed by atoms with Gasteiger partial charge in [-0.3, -0.25) is 4.57 Å². The van der Waals surface area contributed by atoms with Crippen LogP contribution in [0.25, 0.3) is 22.6 Å². The van der Waals surface area contributed by atoms with E-state index in [1.54, 1.807) is 20.8 Å². The van der Waals surface area contributed by atoms with Crippen molar-refractivity contribution < 1.29 is 27.4 Å². The Balaban J connectivity index is 1.75. The predicted octanol–water partition coefficient (Wildman–Crippen LogP) is 3.71. The molecule has 1 saturated heterocycles. The number of amides is 1. The Bertz CT molecular complexity index is 1250. The molecule has 3 aromatic heterocycles. The number of aromatic nitrogens is 6. The SMILES string of the molecule is CN(C(=O)OC(C)(C)C)c1ncc(-c2nc(N3CCOCC3)c3nc(Cl)n(CC(F)(F)F)c3n2)cn1. The van der Waals surface area contributed by atoms with E-state index in [0.717, 1.165) is 9.47 Å². The lowest BCUT2D eigenvalue weighted by Gasteiger charge is -2.28. The zero-order valence-corrected chi connectivity index (χ0v) is 20.8. The molecule has 1 aliphatic rings. The van der Waals surface area contributed by atoms with Crippen LogP contribution in [0.15, 0.2) is 12.4 Å². The Kier molecular flexibility index (Phi) is 6.92. The normalized spacial score (nSPS) is 14.8. The summed E-state index contributed by atoms with van der Waals surface area (Å²) < 4.78 is 51.2. The Morgan fingerprint density at radius 1 is 1.14 bits per heavy atom. The highest BCUT2D eigenvalue weighted by atomic mass is 35.5. The van der Waals surface area contributed by atoms with E-state index in [1.165, 1.54) is 19.4 Å². The summed E-state index contributed by atoms with van der Waals surface area (Å²) in [6, 6.07) is 0. The van der Waals surface area contributed by atoms with E-state index < -0.39 is 24.4 Å². The minimum Gasteiger partial charge on any atom is -0.443 e. The Morgan fingerprint density at radius 3 is 2.36 bits per heavy atom. The molecule has 1 aliphatic heterocycles. The Labute approximate surface area is 209 Å². The van der Waals surface area contributed by atoms with Crippen LogP contribution in [-0.2, 0) is 16.0 Å². The van der Waals surface area contributed by atoms with E-state index in [-0.39, 0.29) is 28.2 Å². The molecule has 0 radical (unpaired) electrons. The first kappa shape index (κ1) is 25.8. The number of morpholine rings is 1. The molecule has 11 nitrogen and oxygen atoms in total. The number of imidazole rings is 1. The summed E-state index contributed by atoms with van der Waals surface area (Å²) in [5.74, 6) is 0.471. The van der Waals surface area contributed by atoms with E-state index in [4.69, 9.17) is 21.1 Å². The molecule has 3 aromatic rings. The average Bonchev–Trinajstić information content (AvgIpc) is 3.11. The number of nitrogens with zero attached hydrogens (tertiary/aromatic N) is 8. The number of rotatable bonds is 4. The zero-order valence-electron chi connectivity index (χ0n) is 20.0. The highest BCUT2D eigenvalue weighted by Crippen LogP contribution is 2.32. The molecule has 0 spiro atoms. The molecule has 0 saturated carbocycles. The van der Waals surface area contributed by atoms with Gasteiger partial charge >= 0.3 is 12.3 Å². The standard InChI is InChI=1S/C21H24ClF3N8O3/c1-20(2,3)36-19(34)31(4)18-26-9-12(10-27-18)14-29-15(32-5-7-35-8-6-32)13-16(30-14)33(17(22)28-13)11-21(23,24)25/h9-10H,5-8,11H2,1-4H3. The molecular formula is C21H24ClF3N8O3. The number of hydrogen-bond acceptors (Lipinski definition) is 9. The maximum absolute atomic E-state index is 13.3. The molecule has 4 heterocycles. The van der Waals surface area contributed by atoms with Crippen molar-refractivity contribution in [3.63, 3.8) is 0 Å². The minimum absolute atomic E-state index is 0.0626. The number of hydrogen-bond donors (Lipinski definition) is 0. The monoisotopic (exact) mass is 528 g/mol. The summed E-state index contributed by atoms with van der Waals surface area (Å²) in [5.41, 5.74) is -0.301. The summed E-state index contributed by atoms with van der Waals surface area (Å²) >= 11 is 6.08. The van der Waals surface area contributed by atoms with Crippen LogP contribution in [0.1, 0.15) is 20.8 Å². The van der Waals surface area contributed by atoms with Crippen LogP contribution in [0.3, 0.4) is 0 Å². The highest BCUT2D eigenvalue weighted by molar-refractivity contribution is 6.29. The lowest BCUT2D eigenvalue weighted by Crippen LogP contribution is -2.37. The van der Waals surface area contributed by atoms with Gasteiger partial charge in [-0.25, -0.2) is 34.6 Å². The molecule has 0 aliphatic carbocycles. The molecule has 4 rings (SSSR count). The van der Waals surface area contributed by atoms with E-state index in [9.17, 15) is 18.0 Å². The highest BCUT2D eigenvalue weighted by Gasteiger charge is 2.32. The second-order valence-electron chi connectivity index (χ2n) is 9.04. The molecule has 0 atom stereocenters. The first-order chi connectivity index (χ1) is 16.8. The van der Waals surface area contributed by atoms with Crippen LogP contribution in [0.2, 0.25) is 5.28 Å². The fourth-order valence-corrected chi connectivity index (χ4v) is 3.65. The molecule has 1 amide bonds. The van der Waals surface area contributed by atoms with Crippen LogP contribution < -0.4 is 9.80 Å². The van der Waals surface area contributed by atoms with E-state index in [2.05, 4.69) is 24.9 Å². The molecule has 194 valence electrons. The number of halogens is 4. The Hall–Kier alpha value is -3.26. The number of carbonyl (C=O) groups is 1. The van der Waals surface area contributed by atoms with Crippen LogP contribution in [0.5, 0.6) is 0 Å². The van der Waals surface area contributed by atoms with Crippen LogP contribution in [0.4, 0.5) is 29.7 Å². The molecule has 15 heteroatoms. The summed E-state index contributed by atoms with van der Waals surface area (Å²) in [6.07, 6.45) is -2.44. The summed E-state index contributed by atoms with van der Waals surface area (Å²) in [6.45, 7) is 5.61. The van der Waals surface area contributed by atoms with Gasteiger partial charge in [0.2, 0.25) is 11.2 Å². The minimum atomic E-state index is -4.54. The van der Waals surface area contributed by atoms with Crippen molar-refractivity contribution in [1.82, 2.24) is 29.5 Å². The first-order valence-electron chi connectivity index (χ1n) is 10.9. The van der Waals surface area contributed by atoms with Gasteiger partial charge in [-0.05, 0) is 32.4 Å². The third kappa shape index (κ3) is 5.75. The molecular weight excluding hydrogens is 505 g/mol. The molecule has 1 fully saturated rings. The second kappa shape index (κ2) is 9.65. The van der Waals surface area contributed by atoms with Crippen molar-refractivity contribution >= 4 is 40.6 Å². The zero-order chi connectivity index (χ0) is 26.3. The fraction of sp³-hybridized carbons (Fsp3) is 0.524. The molecule has 0 N–H and O–H groups in total. The lowest BCUT2D eigenvalue weighted by molar-refractivity contribution is -0.140. The van der Waals surface area contributed by atoms with Gasteiger partial charge in [0.1, 0.15) is 12.1 Å². The first-order valence-corrected chi connectivity index (χ1v) is 11.3. The van der Waals surface area contributed by atoms with Crippen LogP contribution >= 0.6 is 11.6 Å². The number of alkyl halides is 3. The topological polar surface area (TPSA) is 111 Å². The summed E-state index contributed by atoms with van der Waals surface area (Å²) in [4.78, 5) is 36.7. The number of ether oxygens (including phenoxy) is 2. The molecule has 36 heavy (non-hydrogen) atoms. The van der Waals surface area contributed by atoms with Gasteiger partial charge in [-0.15, -0.1) is 0 Å². The largest absolute Gasteiger partial charge is 0.443 e. The van der Waals surface area contributed by atoms with Gasteiger partial charge in [0.15, 0.2) is 22.8 Å². The third-order valence-electron chi connectivity index (χ3n) is 5.04. The van der Waals surface area contributed by atoms with Crippen LogP contribution in [-0.4, -0.2) is 80.7 Å². The molecule has 0 unspecified atom stereocenters. The van der Waals surface area contributed by atoms with Crippen molar-refractivity contribution in [1.29, 1.82) is 0 Å². The number of fused-ring (bicyclic) bond motifs is 1. The molecule has 0 bridgehead atoms. The Morgan fingerprint density at radius 2 is 1.78 bits per heavy atom. The lowest BCUT2D eigenvalue weighted by atomic mass is 10.2. The number of carbonyl (C=O) groups excluding carboxylic acids is 1. The van der Waals surface area contributed by atoms with Gasteiger partial charge < -0.3 is 14.4 Å². The van der Waals surface area contributed by atoms with E-state index >= 15 is 0 Å². The van der Waals surface area contributed by atoms with Gasteiger partial charge in [-0.1, -0.05) is 0 Å². The van der Waals surface area contributed by atoms with E-state index in [1.807, 2.05) is 4.90 Å². The summed E-state index contributed by atoms with van der Waals surface area (Å²) in [5, 5.41) is -0.353. The predicted molar refractivity (Wildman–Crippen MR) is 125 cm³/mol. The van der Waals surface area contributed by atoms with Gasteiger partial charge in [0.25, 0.3) is 0 Å². The quantitative estimate of drug-likeness (QED) is 0.468. The maximum Gasteiger partial charge on any atom is 0.416 e. The fourth-order valence-electron chi connectivity index (χ4n) is 3.43. The number of anilines is 2. The van der Waals surface area contributed by atoms with Crippen molar-refractivity contribution in [2.45, 2.75) is 39.1 Å². The van der Waals surface area contributed by atoms with Crippen molar-refractivity contribution in [2.24, 2.45) is 0 Å². The molecule has 0 aromatic carbocycles. The van der Waals surface area contributed by atoms with Gasteiger partial charge in [-0.2, -0.15) is 13.2 Å². The third-order valence-corrected chi connectivity index (χ3v) is 5.33. The van der Waals surface area contributed by atoms with Crippen LogP contribution in [0, 0.1) is 0 Å². The van der Waals surface area contributed by atoms with Gasteiger partial charge in [0, 0.05) is 32.5 Å².